The summed E-state index contributed by atoms with van der Waals surface area (Å²) in [5, 5.41) is 10.4. The number of rotatable bonds is 3. The van der Waals surface area contributed by atoms with E-state index in [0.29, 0.717) is 0 Å². The van der Waals surface area contributed by atoms with Crippen molar-refractivity contribution in [3.63, 3.8) is 0 Å². The highest BCUT2D eigenvalue weighted by molar-refractivity contribution is 5.71. The Bertz CT molecular complexity index is 905. The Morgan fingerprint density at radius 1 is 0.885 bits per heavy atom. The highest BCUT2D eigenvalue weighted by Gasteiger charge is 2.42. The Labute approximate surface area is 155 Å². The lowest BCUT2D eigenvalue weighted by Crippen LogP contribution is -2.49. The van der Waals surface area contributed by atoms with Gasteiger partial charge in [-0.1, -0.05) is 78.9 Å². The predicted molar refractivity (Wildman–Crippen MR) is 106 cm³/mol. The van der Waals surface area contributed by atoms with E-state index < -0.39 is 0 Å². The summed E-state index contributed by atoms with van der Waals surface area (Å²) in [5.74, 6) is 0. The van der Waals surface area contributed by atoms with E-state index in [-0.39, 0.29) is 18.7 Å². The molecule has 0 spiro atoms. The highest BCUT2D eigenvalue weighted by Crippen LogP contribution is 2.46. The fourth-order valence-electron chi connectivity index (χ4n) is 4.54. The molecule has 0 bridgehead atoms. The second kappa shape index (κ2) is 6.71. The average Bonchev–Trinajstić information content (AvgIpc) is 2.78. The van der Waals surface area contributed by atoms with Crippen molar-refractivity contribution in [1.82, 2.24) is 0 Å². The molecule has 0 radical (unpaired) electrons. The first-order chi connectivity index (χ1) is 12.6. The van der Waals surface area contributed by atoms with Gasteiger partial charge in [-0.25, -0.2) is 0 Å². The molecule has 0 saturated carbocycles. The van der Waals surface area contributed by atoms with Gasteiger partial charge in [0, 0.05) is 16.7 Å². The molecule has 0 saturated heterocycles. The van der Waals surface area contributed by atoms with Crippen LogP contribution in [0.4, 0.5) is 0 Å². The Morgan fingerprint density at radius 2 is 1.50 bits per heavy atom. The smallest absolute Gasteiger partial charge is 0.139 e. The number of likely N-dealkylation sites (N-methyl/N-ethyl adjacent to an activating group) is 1. The second-order valence-corrected chi connectivity index (χ2v) is 7.53. The summed E-state index contributed by atoms with van der Waals surface area (Å²) >= 11 is 0. The van der Waals surface area contributed by atoms with Crippen molar-refractivity contribution in [2.45, 2.75) is 25.6 Å². The van der Waals surface area contributed by atoms with Crippen molar-refractivity contribution in [1.29, 1.82) is 0 Å². The first kappa shape index (κ1) is 17.0. The van der Waals surface area contributed by atoms with Gasteiger partial charge in [0.1, 0.15) is 18.6 Å². The molecule has 1 aliphatic rings. The molecule has 3 atom stereocenters. The number of hydrogen-bond acceptors (Lipinski definition) is 1. The summed E-state index contributed by atoms with van der Waals surface area (Å²) < 4.78 is 0.758. The lowest BCUT2D eigenvalue weighted by atomic mass is 9.93. The largest absolute Gasteiger partial charge is 0.390 e. The summed E-state index contributed by atoms with van der Waals surface area (Å²) in [5.41, 5.74) is 6.54. The Balaban J connectivity index is 1.93. The van der Waals surface area contributed by atoms with Crippen LogP contribution in [0.1, 0.15) is 35.7 Å². The first-order valence-corrected chi connectivity index (χ1v) is 9.33. The molecule has 1 heterocycles. The number of aliphatic hydroxyl groups is 1. The maximum Gasteiger partial charge on any atom is 0.139 e. The van der Waals surface area contributed by atoms with Crippen LogP contribution in [0.15, 0.2) is 78.9 Å². The van der Waals surface area contributed by atoms with Gasteiger partial charge in [-0.2, -0.15) is 0 Å². The zero-order valence-electron chi connectivity index (χ0n) is 15.5. The Kier molecular flexibility index (Phi) is 4.39. The van der Waals surface area contributed by atoms with Crippen molar-refractivity contribution < 1.29 is 9.59 Å². The Morgan fingerprint density at radius 3 is 2.23 bits per heavy atom. The van der Waals surface area contributed by atoms with Crippen molar-refractivity contribution in [3.05, 3.63) is 95.6 Å². The van der Waals surface area contributed by atoms with Gasteiger partial charge in [0.15, 0.2) is 0 Å². The maximum atomic E-state index is 10.4. The SMILES string of the molecule is C[C@@H]1c2ccccc2-c2ccccc2C[N@+]1(C)[C@@H](CO)c1ccccc1. The lowest BCUT2D eigenvalue weighted by molar-refractivity contribution is -0.978. The van der Waals surface area contributed by atoms with Crippen LogP contribution < -0.4 is 0 Å². The standard InChI is InChI=1S/C24H26NO/c1-18-21-13-8-9-15-23(21)22-14-7-6-12-20(22)16-25(18,2)24(17-26)19-10-4-3-5-11-19/h3-15,18,24,26H,16-17H2,1-2H3/q+1/t18-,24+,25+/m1/s1. The van der Waals surface area contributed by atoms with Gasteiger partial charge in [0.25, 0.3) is 0 Å². The second-order valence-electron chi connectivity index (χ2n) is 7.53. The minimum absolute atomic E-state index is 0.0328. The van der Waals surface area contributed by atoms with Crippen LogP contribution in [0.25, 0.3) is 11.1 Å². The number of nitrogens with zero attached hydrogens (tertiary/aromatic N) is 1. The van der Waals surface area contributed by atoms with E-state index in [1.165, 1.54) is 27.8 Å². The van der Waals surface area contributed by atoms with Gasteiger partial charge in [-0.15, -0.1) is 0 Å². The molecule has 2 nitrogen and oxygen atoms in total. The molecule has 4 rings (SSSR count). The van der Waals surface area contributed by atoms with Gasteiger partial charge in [-0.05, 0) is 18.1 Å². The zero-order valence-corrected chi connectivity index (χ0v) is 15.5. The normalized spacial score (nSPS) is 22.8. The predicted octanol–water partition coefficient (Wildman–Crippen LogP) is 5.11. The van der Waals surface area contributed by atoms with E-state index in [4.69, 9.17) is 0 Å². The maximum absolute atomic E-state index is 10.4. The van der Waals surface area contributed by atoms with Crippen LogP contribution in [0.2, 0.25) is 0 Å². The Hall–Kier alpha value is -2.42. The van der Waals surface area contributed by atoms with Crippen LogP contribution >= 0.6 is 0 Å². The number of benzene rings is 3. The van der Waals surface area contributed by atoms with Crippen molar-refractivity contribution in [3.8, 4) is 11.1 Å². The minimum atomic E-state index is 0.0328. The van der Waals surface area contributed by atoms with E-state index in [2.05, 4.69) is 86.8 Å². The fraction of sp³-hybridized carbons (Fsp3) is 0.250. The molecule has 3 aromatic rings. The topological polar surface area (TPSA) is 20.2 Å². The summed E-state index contributed by atoms with van der Waals surface area (Å²) in [6.45, 7) is 3.33. The molecule has 3 aromatic carbocycles. The molecular formula is C24H26NO+. The molecule has 0 amide bonds. The third-order valence-electron chi connectivity index (χ3n) is 6.18. The van der Waals surface area contributed by atoms with Crippen LogP contribution in [0.5, 0.6) is 0 Å². The number of quaternary nitrogens is 1. The van der Waals surface area contributed by atoms with Gasteiger partial charge < -0.3 is 9.59 Å². The van der Waals surface area contributed by atoms with E-state index in [9.17, 15) is 5.11 Å². The van der Waals surface area contributed by atoms with Crippen LogP contribution in [0.3, 0.4) is 0 Å². The van der Waals surface area contributed by atoms with E-state index in [1.807, 2.05) is 6.07 Å². The number of aliphatic hydroxyl groups excluding tert-OH is 1. The minimum Gasteiger partial charge on any atom is -0.390 e. The first-order valence-electron chi connectivity index (χ1n) is 9.33. The van der Waals surface area contributed by atoms with E-state index in [1.54, 1.807) is 0 Å². The molecule has 132 valence electrons. The van der Waals surface area contributed by atoms with Gasteiger partial charge >= 0.3 is 0 Å². The summed E-state index contributed by atoms with van der Waals surface area (Å²) in [7, 11) is 2.29. The van der Waals surface area contributed by atoms with Gasteiger partial charge in [-0.3, -0.25) is 0 Å². The molecule has 0 aliphatic carbocycles. The molecule has 0 aromatic heterocycles. The van der Waals surface area contributed by atoms with Crippen LogP contribution in [0, 0.1) is 0 Å². The van der Waals surface area contributed by atoms with E-state index >= 15 is 0 Å². The molecule has 26 heavy (non-hydrogen) atoms. The summed E-state index contributed by atoms with van der Waals surface area (Å²) in [4.78, 5) is 0. The van der Waals surface area contributed by atoms with E-state index in [0.717, 1.165) is 11.0 Å². The van der Waals surface area contributed by atoms with Gasteiger partial charge in [0.2, 0.25) is 0 Å². The molecule has 2 heteroatoms. The fourth-order valence-corrected chi connectivity index (χ4v) is 4.54. The molecule has 0 fully saturated rings. The van der Waals surface area contributed by atoms with Crippen molar-refractivity contribution in [2.75, 3.05) is 13.7 Å². The zero-order chi connectivity index (χ0) is 18.1. The van der Waals surface area contributed by atoms with Crippen molar-refractivity contribution in [2.24, 2.45) is 0 Å². The number of hydrogen-bond donors (Lipinski definition) is 1. The molecule has 0 unspecified atom stereocenters. The van der Waals surface area contributed by atoms with Gasteiger partial charge in [0.05, 0.1) is 13.7 Å². The molecule has 1 N–H and O–H groups in total. The third kappa shape index (κ3) is 2.66. The molecular weight excluding hydrogens is 318 g/mol. The average molecular weight is 344 g/mol. The number of fused-ring (bicyclic) bond motifs is 3. The van der Waals surface area contributed by atoms with Crippen LogP contribution in [-0.4, -0.2) is 23.2 Å². The van der Waals surface area contributed by atoms with Crippen molar-refractivity contribution >= 4 is 0 Å². The lowest BCUT2D eigenvalue weighted by Gasteiger charge is -2.45. The summed E-state index contributed by atoms with van der Waals surface area (Å²) in [6.07, 6.45) is 0. The third-order valence-corrected chi connectivity index (χ3v) is 6.18. The quantitative estimate of drug-likeness (QED) is 0.655. The van der Waals surface area contributed by atoms with Crippen LogP contribution in [-0.2, 0) is 6.54 Å². The molecule has 1 aliphatic heterocycles. The monoisotopic (exact) mass is 344 g/mol. The summed E-state index contributed by atoms with van der Waals surface area (Å²) in [6, 6.07) is 28.2. The highest BCUT2D eigenvalue weighted by atomic mass is 16.3.